The van der Waals surface area contributed by atoms with Crippen LogP contribution in [-0.2, 0) is 27.1 Å². The van der Waals surface area contributed by atoms with Crippen molar-refractivity contribution >= 4 is 68.4 Å². The number of aryl methyl sites for hydroxylation is 1. The van der Waals surface area contributed by atoms with Crippen LogP contribution in [-0.4, -0.2) is 6.71 Å². The van der Waals surface area contributed by atoms with Crippen LogP contribution in [0.2, 0.25) is 0 Å². The zero-order valence-electron chi connectivity index (χ0n) is 37.0. The second-order valence-corrected chi connectivity index (χ2v) is 21.9. The van der Waals surface area contributed by atoms with E-state index in [1.165, 1.54) is 90.7 Å². The van der Waals surface area contributed by atoms with Crippen LogP contribution in [0.5, 0.6) is 0 Å². The Labute approximate surface area is 342 Å². The minimum Gasteiger partial charge on any atom is -0.440 e. The number of nitrogens with zero attached hydrogens (tertiary/aromatic N) is 2. The van der Waals surface area contributed by atoms with E-state index in [9.17, 15) is 0 Å². The van der Waals surface area contributed by atoms with E-state index in [-0.39, 0.29) is 33.8 Å². The molecule has 57 heavy (non-hydrogen) atoms. The van der Waals surface area contributed by atoms with Crippen LogP contribution in [0, 0.1) is 6.92 Å². The van der Waals surface area contributed by atoms with Gasteiger partial charge in [0.05, 0.1) is 0 Å². The average molecular weight is 753 g/mol. The molecule has 3 heterocycles. The summed E-state index contributed by atoms with van der Waals surface area (Å²) in [6, 6.07) is 35.6. The van der Waals surface area contributed by atoms with Gasteiger partial charge in [-0.2, -0.15) is 0 Å². The van der Waals surface area contributed by atoms with Crippen molar-refractivity contribution in [3.05, 3.63) is 124 Å². The third-order valence-corrected chi connectivity index (χ3v) is 13.6. The molecule has 0 radical (unpaired) electrons. The number of benzene rings is 5. The summed E-state index contributed by atoms with van der Waals surface area (Å²) in [4.78, 5) is 5.02. The standard InChI is InChI=1S/C53H61BN2O/c1-32-27-43-47-44(28-32)56(37-21-22-39-40(31-37)53(13,14)26-25-52(39,11)12)48-46(38-29-34(50(5,6)7)18-24-45(38)57-48)54(47)41-30-35(51(8,9)10)17-23-42(41)55(43)36-19-15-33(16-20-36)49(2,3)4/h15-24,27-31H,25-26H2,1-14H3. The lowest BCUT2D eigenvalue weighted by Gasteiger charge is -2.44. The highest BCUT2D eigenvalue weighted by Gasteiger charge is 2.47. The summed E-state index contributed by atoms with van der Waals surface area (Å²) >= 11 is 0. The van der Waals surface area contributed by atoms with Crippen molar-refractivity contribution in [1.82, 2.24) is 0 Å². The van der Waals surface area contributed by atoms with Crippen molar-refractivity contribution in [3.8, 4) is 0 Å². The predicted octanol–water partition coefficient (Wildman–Crippen LogP) is 13.1. The summed E-state index contributed by atoms with van der Waals surface area (Å²) in [5, 5.41) is 1.21. The van der Waals surface area contributed by atoms with Crippen molar-refractivity contribution in [2.45, 2.75) is 137 Å². The molecule has 0 saturated carbocycles. The third kappa shape index (κ3) is 5.91. The van der Waals surface area contributed by atoms with Gasteiger partial charge in [-0.25, -0.2) is 0 Å². The van der Waals surface area contributed by atoms with E-state index in [1.807, 2.05) is 0 Å². The van der Waals surface area contributed by atoms with Gasteiger partial charge in [-0.3, -0.25) is 4.90 Å². The molecular weight excluding hydrogens is 691 g/mol. The summed E-state index contributed by atoms with van der Waals surface area (Å²) in [6.07, 6.45) is 2.36. The number of furan rings is 1. The van der Waals surface area contributed by atoms with Gasteiger partial charge in [-0.1, -0.05) is 126 Å². The van der Waals surface area contributed by atoms with E-state index in [4.69, 9.17) is 4.42 Å². The van der Waals surface area contributed by atoms with Crippen LogP contribution >= 0.6 is 0 Å². The molecule has 0 bridgehead atoms. The first-order chi connectivity index (χ1) is 26.5. The maximum absolute atomic E-state index is 7.24. The molecule has 9 rings (SSSR count). The summed E-state index contributed by atoms with van der Waals surface area (Å²) in [5.41, 5.74) is 19.3. The number of hydrogen-bond donors (Lipinski definition) is 0. The summed E-state index contributed by atoms with van der Waals surface area (Å²) in [5.74, 6) is 0.938. The Bertz CT molecular complexity index is 2600. The Balaban J connectivity index is 1.40. The Morgan fingerprint density at radius 1 is 0.526 bits per heavy atom. The van der Waals surface area contributed by atoms with Crippen molar-refractivity contribution in [2.24, 2.45) is 0 Å². The highest BCUT2D eigenvalue weighted by atomic mass is 16.4. The fourth-order valence-electron chi connectivity index (χ4n) is 9.95. The topological polar surface area (TPSA) is 19.6 Å². The maximum atomic E-state index is 7.24. The second-order valence-electron chi connectivity index (χ2n) is 21.9. The summed E-state index contributed by atoms with van der Waals surface area (Å²) in [6.45, 7) is 32.7. The normalized spacial score (nSPS) is 17.0. The molecule has 4 heteroatoms. The van der Waals surface area contributed by atoms with Gasteiger partial charge in [0, 0.05) is 39.3 Å². The maximum Gasteiger partial charge on any atom is 0.257 e. The van der Waals surface area contributed by atoms with E-state index in [0.29, 0.717) is 0 Å². The molecule has 6 aromatic rings. The minimum atomic E-state index is -0.0197. The summed E-state index contributed by atoms with van der Waals surface area (Å²) < 4.78 is 7.24. The van der Waals surface area contributed by atoms with Gasteiger partial charge in [0.2, 0.25) is 5.88 Å². The van der Waals surface area contributed by atoms with E-state index in [2.05, 4.69) is 198 Å². The summed E-state index contributed by atoms with van der Waals surface area (Å²) in [7, 11) is 0. The largest absolute Gasteiger partial charge is 0.440 e. The van der Waals surface area contributed by atoms with Crippen LogP contribution in [0.15, 0.2) is 95.4 Å². The highest BCUT2D eigenvalue weighted by Crippen LogP contribution is 2.51. The molecule has 0 N–H and O–H groups in total. The van der Waals surface area contributed by atoms with E-state index in [1.54, 1.807) is 0 Å². The lowest BCUT2D eigenvalue weighted by atomic mass is 9.33. The lowest BCUT2D eigenvalue weighted by molar-refractivity contribution is 0.332. The Morgan fingerprint density at radius 3 is 1.70 bits per heavy atom. The Hall–Kier alpha value is -4.70. The second kappa shape index (κ2) is 12.2. The van der Waals surface area contributed by atoms with E-state index < -0.39 is 0 Å². The van der Waals surface area contributed by atoms with Crippen LogP contribution in [0.4, 0.5) is 34.3 Å². The smallest absolute Gasteiger partial charge is 0.257 e. The molecule has 292 valence electrons. The minimum absolute atomic E-state index is 0.0103. The van der Waals surface area contributed by atoms with Crippen molar-refractivity contribution in [2.75, 3.05) is 9.80 Å². The van der Waals surface area contributed by atoms with Gasteiger partial charge in [-0.05, 0) is 146 Å². The van der Waals surface area contributed by atoms with Gasteiger partial charge in [0.15, 0.2) is 0 Å². The zero-order valence-corrected chi connectivity index (χ0v) is 37.0. The molecule has 3 aliphatic rings. The number of anilines is 6. The monoisotopic (exact) mass is 752 g/mol. The number of hydrogen-bond acceptors (Lipinski definition) is 3. The van der Waals surface area contributed by atoms with E-state index in [0.717, 1.165) is 17.2 Å². The number of rotatable bonds is 2. The molecule has 5 aromatic carbocycles. The third-order valence-electron chi connectivity index (χ3n) is 13.6. The molecule has 1 aromatic heterocycles. The zero-order chi connectivity index (χ0) is 40.8. The molecular formula is C53H61BN2O. The molecule has 0 spiro atoms. The van der Waals surface area contributed by atoms with Crippen molar-refractivity contribution in [1.29, 1.82) is 0 Å². The molecule has 0 saturated heterocycles. The lowest BCUT2D eigenvalue weighted by Crippen LogP contribution is -2.61. The molecule has 0 fully saturated rings. The first kappa shape index (κ1) is 37.9. The van der Waals surface area contributed by atoms with Crippen LogP contribution in [0.25, 0.3) is 11.0 Å². The van der Waals surface area contributed by atoms with Crippen molar-refractivity contribution in [3.63, 3.8) is 0 Å². The average Bonchev–Trinajstić information content (AvgIpc) is 3.50. The van der Waals surface area contributed by atoms with Gasteiger partial charge >= 0.3 is 0 Å². The molecule has 0 atom stereocenters. The predicted molar refractivity (Wildman–Crippen MR) is 246 cm³/mol. The van der Waals surface area contributed by atoms with Crippen LogP contribution in [0.1, 0.15) is 136 Å². The molecule has 0 amide bonds. The SMILES string of the molecule is Cc1cc2c3c(c1)N(c1ccc4c(c1)C(C)(C)CCC4(C)C)c1oc4ccc(C(C)(C)C)cc4c1B3c1cc(C(C)(C)C)ccc1N2c1ccc(C(C)(C)C)cc1. The van der Waals surface area contributed by atoms with E-state index >= 15 is 0 Å². The van der Waals surface area contributed by atoms with Gasteiger partial charge < -0.3 is 9.32 Å². The molecule has 3 nitrogen and oxygen atoms in total. The van der Waals surface area contributed by atoms with Crippen LogP contribution in [0.3, 0.4) is 0 Å². The molecule has 0 unspecified atom stereocenters. The first-order valence-corrected chi connectivity index (χ1v) is 21.3. The quantitative estimate of drug-likeness (QED) is 0.164. The Kier molecular flexibility index (Phi) is 8.08. The van der Waals surface area contributed by atoms with Gasteiger partial charge in [0.25, 0.3) is 6.71 Å². The fourth-order valence-corrected chi connectivity index (χ4v) is 9.95. The molecule has 2 aliphatic heterocycles. The fraction of sp³-hybridized carbons (Fsp3) is 0.396. The molecule has 1 aliphatic carbocycles. The highest BCUT2D eigenvalue weighted by molar-refractivity contribution is 7.01. The Morgan fingerprint density at radius 2 is 1.07 bits per heavy atom. The first-order valence-electron chi connectivity index (χ1n) is 21.3. The van der Waals surface area contributed by atoms with Crippen LogP contribution < -0.4 is 26.2 Å². The van der Waals surface area contributed by atoms with Crippen molar-refractivity contribution < 1.29 is 4.42 Å². The number of fused-ring (bicyclic) bond motifs is 7. The van der Waals surface area contributed by atoms with Gasteiger partial charge in [0.1, 0.15) is 5.58 Å². The van der Waals surface area contributed by atoms with Gasteiger partial charge in [-0.15, -0.1) is 0 Å².